The average molecular weight is 325 g/mol. The van der Waals surface area contributed by atoms with Crippen LogP contribution in [0.4, 0.5) is 5.69 Å². The van der Waals surface area contributed by atoms with E-state index in [1.54, 1.807) is 48.5 Å². The number of methoxy groups -OCH3 is 2. The Morgan fingerprint density at radius 1 is 0.875 bits per heavy atom. The van der Waals surface area contributed by atoms with Crippen LogP contribution in [-0.2, 0) is 9.59 Å². The lowest BCUT2D eigenvalue weighted by molar-refractivity contribution is -0.121. The molecule has 0 unspecified atom stereocenters. The highest BCUT2D eigenvalue weighted by Crippen LogP contribution is 2.36. The Morgan fingerprint density at radius 3 is 2.17 bits per heavy atom. The summed E-state index contributed by atoms with van der Waals surface area (Å²) in [5.74, 6) is -0.977. The van der Waals surface area contributed by atoms with Crippen LogP contribution in [0, 0.1) is 0 Å². The fourth-order valence-electron chi connectivity index (χ4n) is 2.58. The van der Waals surface area contributed by atoms with Crippen LogP contribution < -0.4 is 14.4 Å². The lowest BCUT2D eigenvalue weighted by atomic mass is 10.0. The van der Waals surface area contributed by atoms with Crippen LogP contribution in [-0.4, -0.2) is 31.1 Å². The van der Waals surface area contributed by atoms with E-state index in [2.05, 4.69) is 0 Å². The van der Waals surface area contributed by atoms with Crippen molar-refractivity contribution in [3.63, 3.8) is 0 Å². The fourth-order valence-corrected chi connectivity index (χ4v) is 2.58. The van der Waals surface area contributed by atoms with Crippen molar-refractivity contribution < 1.29 is 24.2 Å². The molecule has 0 atom stereocenters. The number of benzene rings is 2. The van der Waals surface area contributed by atoms with Gasteiger partial charge in [-0.3, -0.25) is 9.59 Å². The molecule has 0 aromatic heterocycles. The number of hydrogen-bond acceptors (Lipinski definition) is 5. The number of aliphatic hydroxyl groups excluding tert-OH is 1. The van der Waals surface area contributed by atoms with Crippen LogP contribution in [0.25, 0.3) is 5.57 Å². The van der Waals surface area contributed by atoms with E-state index in [0.29, 0.717) is 22.7 Å². The minimum Gasteiger partial charge on any atom is -0.502 e. The van der Waals surface area contributed by atoms with Crippen molar-refractivity contribution in [3.8, 4) is 11.5 Å². The van der Waals surface area contributed by atoms with Gasteiger partial charge in [0.05, 0.1) is 25.5 Å². The van der Waals surface area contributed by atoms with E-state index < -0.39 is 17.6 Å². The minimum absolute atomic E-state index is 0.0757. The summed E-state index contributed by atoms with van der Waals surface area (Å²) in [6.45, 7) is 0. The monoisotopic (exact) mass is 325 g/mol. The molecule has 6 nitrogen and oxygen atoms in total. The van der Waals surface area contributed by atoms with Gasteiger partial charge >= 0.3 is 5.91 Å². The molecule has 0 bridgehead atoms. The van der Waals surface area contributed by atoms with Crippen LogP contribution in [0.3, 0.4) is 0 Å². The Balaban J connectivity index is 2.04. The highest BCUT2D eigenvalue weighted by Gasteiger charge is 2.41. The summed E-state index contributed by atoms with van der Waals surface area (Å²) in [5.41, 5.74) is 0.641. The van der Waals surface area contributed by atoms with E-state index in [9.17, 15) is 14.7 Å². The largest absolute Gasteiger partial charge is 0.502 e. The first-order chi connectivity index (χ1) is 11.6. The molecule has 0 fully saturated rings. The summed E-state index contributed by atoms with van der Waals surface area (Å²) < 4.78 is 10.3. The van der Waals surface area contributed by atoms with Crippen molar-refractivity contribution >= 4 is 23.1 Å². The maximum Gasteiger partial charge on any atom is 0.301 e. The Bertz CT molecular complexity index is 839. The zero-order valence-corrected chi connectivity index (χ0v) is 13.1. The Labute approximate surface area is 138 Å². The Morgan fingerprint density at radius 2 is 1.54 bits per heavy atom. The molecule has 1 aliphatic heterocycles. The molecule has 1 N–H and O–H groups in total. The minimum atomic E-state index is -0.772. The van der Waals surface area contributed by atoms with Crippen molar-refractivity contribution in [2.75, 3.05) is 19.1 Å². The number of nitrogens with zero attached hydrogens (tertiary/aromatic N) is 1. The second-order valence-corrected chi connectivity index (χ2v) is 5.07. The van der Waals surface area contributed by atoms with Crippen molar-refractivity contribution in [1.29, 1.82) is 0 Å². The molecule has 2 aromatic carbocycles. The molecule has 2 aromatic rings. The molecule has 0 radical (unpaired) electrons. The van der Waals surface area contributed by atoms with Gasteiger partial charge in [0, 0.05) is 5.56 Å². The highest BCUT2D eigenvalue weighted by molar-refractivity contribution is 6.45. The third-order valence-electron chi connectivity index (χ3n) is 3.77. The number of hydrogen-bond donors (Lipinski definition) is 1. The average Bonchev–Trinajstić information content (AvgIpc) is 2.84. The quantitative estimate of drug-likeness (QED) is 0.874. The molecule has 1 aliphatic rings. The van der Waals surface area contributed by atoms with E-state index in [1.807, 2.05) is 0 Å². The van der Waals surface area contributed by atoms with Gasteiger partial charge in [0.15, 0.2) is 5.76 Å². The zero-order chi connectivity index (χ0) is 17.3. The molecule has 1 heterocycles. The third-order valence-corrected chi connectivity index (χ3v) is 3.77. The summed E-state index contributed by atoms with van der Waals surface area (Å²) in [6, 6.07) is 13.1. The lowest BCUT2D eigenvalue weighted by Crippen LogP contribution is -2.31. The van der Waals surface area contributed by atoms with Crippen LogP contribution in [0.2, 0.25) is 0 Å². The molecule has 0 aliphatic carbocycles. The number of ether oxygens (including phenoxy) is 2. The molecule has 6 heteroatoms. The maximum absolute atomic E-state index is 12.8. The van der Waals surface area contributed by atoms with Crippen molar-refractivity contribution in [2.45, 2.75) is 0 Å². The van der Waals surface area contributed by atoms with E-state index in [1.165, 1.54) is 14.2 Å². The number of amides is 2. The van der Waals surface area contributed by atoms with Gasteiger partial charge in [0.1, 0.15) is 11.5 Å². The van der Waals surface area contributed by atoms with Crippen molar-refractivity contribution in [1.82, 2.24) is 0 Å². The zero-order valence-electron chi connectivity index (χ0n) is 13.1. The first kappa shape index (κ1) is 15.6. The number of imide groups is 1. The molecule has 0 saturated heterocycles. The van der Waals surface area contributed by atoms with Gasteiger partial charge in [-0.2, -0.15) is 0 Å². The fraction of sp³-hybridized carbons (Fsp3) is 0.111. The van der Waals surface area contributed by atoms with Crippen LogP contribution in [0.15, 0.2) is 54.3 Å². The van der Waals surface area contributed by atoms with Gasteiger partial charge in [0.25, 0.3) is 5.91 Å². The van der Waals surface area contributed by atoms with Crippen LogP contribution in [0.1, 0.15) is 5.56 Å². The van der Waals surface area contributed by atoms with Crippen molar-refractivity contribution in [3.05, 3.63) is 59.9 Å². The first-order valence-corrected chi connectivity index (χ1v) is 7.18. The molecule has 0 saturated carbocycles. The number of carbonyl (C=O) groups is 2. The highest BCUT2D eigenvalue weighted by atomic mass is 16.5. The SMILES string of the molecule is COc1ccc(N2C(=O)C(O)=C(c3ccccc3OC)C2=O)cc1. The molecular weight excluding hydrogens is 310 g/mol. The standard InChI is InChI=1S/C18H15NO5/c1-23-12-9-7-11(8-10-12)19-17(21)15(16(20)18(19)22)13-5-3-4-6-14(13)24-2/h3-10,20H,1-2H3. The number of aliphatic hydroxyl groups is 1. The first-order valence-electron chi connectivity index (χ1n) is 7.18. The third kappa shape index (κ3) is 2.38. The summed E-state index contributed by atoms with van der Waals surface area (Å²) in [5, 5.41) is 10.2. The van der Waals surface area contributed by atoms with Gasteiger partial charge in [-0.15, -0.1) is 0 Å². The topological polar surface area (TPSA) is 76.1 Å². The van der Waals surface area contributed by atoms with Crippen molar-refractivity contribution in [2.24, 2.45) is 0 Å². The Kier molecular flexibility index (Phi) is 3.95. The normalized spacial score (nSPS) is 14.3. The van der Waals surface area contributed by atoms with Crippen LogP contribution >= 0.6 is 0 Å². The van der Waals surface area contributed by atoms with E-state index >= 15 is 0 Å². The molecule has 24 heavy (non-hydrogen) atoms. The Hall–Kier alpha value is -3.28. The maximum atomic E-state index is 12.8. The molecule has 2 amide bonds. The van der Waals surface area contributed by atoms with E-state index in [-0.39, 0.29) is 5.57 Å². The summed E-state index contributed by atoms with van der Waals surface area (Å²) in [4.78, 5) is 26.1. The molecule has 122 valence electrons. The van der Waals surface area contributed by atoms with Gasteiger partial charge in [0.2, 0.25) is 0 Å². The smallest absolute Gasteiger partial charge is 0.301 e. The summed E-state index contributed by atoms with van der Waals surface area (Å²) in [6.07, 6.45) is 0. The van der Waals surface area contributed by atoms with Gasteiger partial charge in [-0.05, 0) is 30.3 Å². The van der Waals surface area contributed by atoms with Gasteiger partial charge in [-0.1, -0.05) is 18.2 Å². The summed E-state index contributed by atoms with van der Waals surface area (Å²) in [7, 11) is 2.98. The second-order valence-electron chi connectivity index (χ2n) is 5.07. The van der Waals surface area contributed by atoms with Crippen LogP contribution in [0.5, 0.6) is 11.5 Å². The summed E-state index contributed by atoms with van der Waals surface area (Å²) >= 11 is 0. The molecule has 3 rings (SSSR count). The van der Waals surface area contributed by atoms with E-state index in [4.69, 9.17) is 9.47 Å². The predicted molar refractivity (Wildman–Crippen MR) is 88.0 cm³/mol. The second kappa shape index (κ2) is 6.08. The van der Waals surface area contributed by atoms with Gasteiger partial charge < -0.3 is 14.6 Å². The van der Waals surface area contributed by atoms with Gasteiger partial charge in [-0.25, -0.2) is 4.90 Å². The number of anilines is 1. The predicted octanol–water partition coefficient (Wildman–Crippen LogP) is 2.55. The number of carbonyl (C=O) groups excluding carboxylic acids is 2. The number of para-hydroxylation sites is 1. The number of rotatable bonds is 4. The molecule has 0 spiro atoms. The molecular formula is C18H15NO5. The van der Waals surface area contributed by atoms with E-state index in [0.717, 1.165) is 4.90 Å². The lowest BCUT2D eigenvalue weighted by Gasteiger charge is -2.15.